The molecule has 1 aromatic rings. The summed E-state index contributed by atoms with van der Waals surface area (Å²) in [6, 6.07) is 2.09. The van der Waals surface area contributed by atoms with Gasteiger partial charge in [0.1, 0.15) is 0 Å². The van der Waals surface area contributed by atoms with E-state index in [2.05, 4.69) is 11.2 Å². The minimum Gasteiger partial charge on any atom is -0.330 e. The number of nitrogens with two attached hydrogens (primary N) is 1. The molecule has 0 aromatic carbocycles. The number of hydrogen-bond acceptors (Lipinski definition) is 2. The Morgan fingerprint density at radius 3 is 2.85 bits per heavy atom. The molecule has 0 spiro atoms. The second-order valence-corrected chi connectivity index (χ2v) is 4.18. The largest absolute Gasteiger partial charge is 0.330 e. The molecule has 13 heavy (non-hydrogen) atoms. The molecule has 3 heteroatoms. The monoisotopic (exact) mass is 179 g/mol. The predicted octanol–water partition coefficient (Wildman–Crippen LogP) is 1.09. The first-order valence-electron chi connectivity index (χ1n) is 4.93. The molecule has 0 aliphatic heterocycles. The fourth-order valence-corrected chi connectivity index (χ4v) is 1.72. The summed E-state index contributed by atoms with van der Waals surface area (Å²) in [5.74, 6) is 0. The highest BCUT2D eigenvalue weighted by molar-refractivity contribution is 5.02. The van der Waals surface area contributed by atoms with Crippen LogP contribution in [0.5, 0.6) is 0 Å². The zero-order valence-electron chi connectivity index (χ0n) is 8.16. The normalized spacial score (nSPS) is 18.9. The average molecular weight is 179 g/mol. The molecule has 1 aromatic heterocycles. The van der Waals surface area contributed by atoms with Crippen molar-refractivity contribution in [2.45, 2.75) is 25.7 Å². The van der Waals surface area contributed by atoms with E-state index in [4.69, 9.17) is 5.73 Å². The average Bonchev–Trinajstić information content (AvgIpc) is 2.81. The third-order valence-electron chi connectivity index (χ3n) is 3.07. The van der Waals surface area contributed by atoms with E-state index < -0.39 is 0 Å². The molecule has 0 saturated heterocycles. The van der Waals surface area contributed by atoms with Gasteiger partial charge in [-0.25, -0.2) is 0 Å². The van der Waals surface area contributed by atoms with Gasteiger partial charge in [-0.2, -0.15) is 5.10 Å². The Labute approximate surface area is 78.9 Å². The molecule has 1 saturated carbocycles. The van der Waals surface area contributed by atoms with Gasteiger partial charge >= 0.3 is 0 Å². The van der Waals surface area contributed by atoms with Gasteiger partial charge in [0.25, 0.3) is 0 Å². The van der Waals surface area contributed by atoms with Crippen LogP contribution in [0.25, 0.3) is 0 Å². The van der Waals surface area contributed by atoms with E-state index in [1.807, 2.05) is 17.9 Å². The number of rotatable bonds is 4. The van der Waals surface area contributed by atoms with Gasteiger partial charge < -0.3 is 5.73 Å². The molecule has 2 N–H and O–H groups in total. The van der Waals surface area contributed by atoms with E-state index in [0.29, 0.717) is 5.41 Å². The highest BCUT2D eigenvalue weighted by atomic mass is 15.2. The molecule has 1 heterocycles. The van der Waals surface area contributed by atoms with Crippen LogP contribution in [0.2, 0.25) is 0 Å². The van der Waals surface area contributed by atoms with Crippen molar-refractivity contribution in [3.63, 3.8) is 0 Å². The van der Waals surface area contributed by atoms with Crippen LogP contribution in [0.15, 0.2) is 12.3 Å². The second-order valence-electron chi connectivity index (χ2n) is 4.18. The topological polar surface area (TPSA) is 43.8 Å². The molecule has 3 nitrogen and oxygen atoms in total. The molecule has 0 atom stereocenters. The van der Waals surface area contributed by atoms with Crippen LogP contribution in [-0.2, 0) is 13.5 Å². The first-order chi connectivity index (χ1) is 6.24. The molecule has 2 rings (SSSR count). The third kappa shape index (κ3) is 1.91. The molecule has 72 valence electrons. The van der Waals surface area contributed by atoms with Gasteiger partial charge in [-0.15, -0.1) is 0 Å². The Bertz CT molecular complexity index is 286. The molecule has 0 bridgehead atoms. The second kappa shape index (κ2) is 3.14. The zero-order chi connectivity index (χ0) is 9.31. The standard InChI is InChI=1S/C10H17N3/c1-13-7-3-9(12-13)2-4-10(8-11)5-6-10/h3,7H,2,4-6,8,11H2,1H3. The Kier molecular flexibility index (Phi) is 2.12. The highest BCUT2D eigenvalue weighted by Crippen LogP contribution is 2.48. The first kappa shape index (κ1) is 8.75. The first-order valence-corrected chi connectivity index (χ1v) is 4.93. The molecule has 0 unspecified atom stereocenters. The summed E-state index contributed by atoms with van der Waals surface area (Å²) in [4.78, 5) is 0. The van der Waals surface area contributed by atoms with Crippen molar-refractivity contribution in [2.24, 2.45) is 18.2 Å². The van der Waals surface area contributed by atoms with Crippen LogP contribution in [0.3, 0.4) is 0 Å². The summed E-state index contributed by atoms with van der Waals surface area (Å²) in [6.45, 7) is 0.847. The van der Waals surface area contributed by atoms with E-state index in [-0.39, 0.29) is 0 Å². The Morgan fingerprint density at radius 2 is 2.38 bits per heavy atom. The SMILES string of the molecule is Cn1ccc(CCC2(CN)CC2)n1. The summed E-state index contributed by atoms with van der Waals surface area (Å²) in [7, 11) is 1.96. The van der Waals surface area contributed by atoms with Gasteiger partial charge in [-0.1, -0.05) is 0 Å². The summed E-state index contributed by atoms with van der Waals surface area (Å²) >= 11 is 0. The lowest BCUT2D eigenvalue weighted by Gasteiger charge is -2.09. The molecule has 0 amide bonds. The Hall–Kier alpha value is -0.830. The lowest BCUT2D eigenvalue weighted by molar-refractivity contribution is 0.474. The van der Waals surface area contributed by atoms with E-state index >= 15 is 0 Å². The van der Waals surface area contributed by atoms with Gasteiger partial charge in [0, 0.05) is 13.2 Å². The van der Waals surface area contributed by atoms with E-state index in [0.717, 1.165) is 13.0 Å². The van der Waals surface area contributed by atoms with Crippen molar-refractivity contribution in [3.05, 3.63) is 18.0 Å². The van der Waals surface area contributed by atoms with E-state index in [9.17, 15) is 0 Å². The molecular formula is C10H17N3. The van der Waals surface area contributed by atoms with Crippen LogP contribution >= 0.6 is 0 Å². The quantitative estimate of drug-likeness (QED) is 0.752. The van der Waals surface area contributed by atoms with Crippen LogP contribution in [0, 0.1) is 5.41 Å². The predicted molar refractivity (Wildman–Crippen MR) is 52.3 cm³/mol. The smallest absolute Gasteiger partial charge is 0.0624 e. The van der Waals surface area contributed by atoms with Crippen LogP contribution in [-0.4, -0.2) is 16.3 Å². The molecule has 1 fully saturated rings. The Morgan fingerprint density at radius 1 is 1.62 bits per heavy atom. The summed E-state index contributed by atoms with van der Waals surface area (Å²) in [5, 5.41) is 4.35. The number of hydrogen-bond donors (Lipinski definition) is 1. The number of aromatic nitrogens is 2. The minimum atomic E-state index is 0.484. The van der Waals surface area contributed by atoms with Crippen molar-refractivity contribution in [1.29, 1.82) is 0 Å². The zero-order valence-corrected chi connectivity index (χ0v) is 8.16. The van der Waals surface area contributed by atoms with Crippen molar-refractivity contribution in [2.75, 3.05) is 6.54 Å². The third-order valence-corrected chi connectivity index (χ3v) is 3.07. The van der Waals surface area contributed by atoms with Crippen molar-refractivity contribution in [3.8, 4) is 0 Å². The van der Waals surface area contributed by atoms with Gasteiger partial charge in [-0.05, 0) is 43.7 Å². The van der Waals surface area contributed by atoms with Gasteiger partial charge in [-0.3, -0.25) is 4.68 Å². The van der Waals surface area contributed by atoms with Crippen molar-refractivity contribution in [1.82, 2.24) is 9.78 Å². The fraction of sp³-hybridized carbons (Fsp3) is 0.700. The van der Waals surface area contributed by atoms with Gasteiger partial charge in [0.2, 0.25) is 0 Å². The van der Waals surface area contributed by atoms with Gasteiger partial charge in [0.15, 0.2) is 0 Å². The minimum absolute atomic E-state index is 0.484. The lowest BCUT2D eigenvalue weighted by Crippen LogP contribution is -2.16. The van der Waals surface area contributed by atoms with Crippen molar-refractivity contribution >= 4 is 0 Å². The lowest BCUT2D eigenvalue weighted by atomic mass is 9.99. The van der Waals surface area contributed by atoms with Crippen LogP contribution < -0.4 is 5.73 Å². The van der Waals surface area contributed by atoms with E-state index in [1.54, 1.807) is 0 Å². The molecule has 1 aliphatic rings. The van der Waals surface area contributed by atoms with Gasteiger partial charge in [0.05, 0.1) is 5.69 Å². The van der Waals surface area contributed by atoms with Crippen LogP contribution in [0.4, 0.5) is 0 Å². The maximum absolute atomic E-state index is 5.71. The maximum Gasteiger partial charge on any atom is 0.0624 e. The summed E-state index contributed by atoms with van der Waals surface area (Å²) in [6.07, 6.45) is 6.92. The maximum atomic E-state index is 5.71. The number of aryl methyl sites for hydroxylation is 2. The number of nitrogens with zero attached hydrogens (tertiary/aromatic N) is 2. The summed E-state index contributed by atoms with van der Waals surface area (Å²) < 4.78 is 1.86. The Balaban J connectivity index is 1.86. The van der Waals surface area contributed by atoms with Crippen molar-refractivity contribution < 1.29 is 0 Å². The molecule has 0 radical (unpaired) electrons. The molecular weight excluding hydrogens is 162 g/mol. The van der Waals surface area contributed by atoms with Crippen LogP contribution in [0.1, 0.15) is 25.0 Å². The fourth-order valence-electron chi connectivity index (χ4n) is 1.72. The molecule has 1 aliphatic carbocycles. The summed E-state index contributed by atoms with van der Waals surface area (Å²) in [5.41, 5.74) is 7.39. The highest BCUT2D eigenvalue weighted by Gasteiger charge is 2.40. The van der Waals surface area contributed by atoms with E-state index in [1.165, 1.54) is 25.0 Å².